The molecule has 2 heterocycles. The third-order valence-corrected chi connectivity index (χ3v) is 5.18. The Morgan fingerprint density at radius 2 is 1.94 bits per heavy atom. The fourth-order valence-electron chi connectivity index (χ4n) is 3.61. The number of amides is 1. The molecule has 7 nitrogen and oxygen atoms in total. The van der Waals surface area contributed by atoms with E-state index in [1.54, 1.807) is 19.2 Å². The van der Waals surface area contributed by atoms with Crippen molar-refractivity contribution in [3.05, 3.63) is 78.5 Å². The smallest absolute Gasteiger partial charge is 0.286 e. The van der Waals surface area contributed by atoms with Gasteiger partial charge in [-0.2, -0.15) is 0 Å². The molecule has 0 saturated carbocycles. The lowest BCUT2D eigenvalue weighted by molar-refractivity contribution is 0.0925. The summed E-state index contributed by atoms with van der Waals surface area (Å²) in [5, 5.41) is 2.89. The molecular weight excluding hydrogens is 406 g/mol. The second-order valence-corrected chi connectivity index (χ2v) is 7.39. The number of nitrogens with one attached hydrogen (secondary N) is 1. The predicted octanol–water partition coefficient (Wildman–Crippen LogP) is 4.47. The lowest BCUT2D eigenvalue weighted by atomic mass is 10.2. The van der Waals surface area contributed by atoms with Gasteiger partial charge in [-0.05, 0) is 49.2 Å². The van der Waals surface area contributed by atoms with Crippen LogP contribution in [0, 0.1) is 0 Å². The first-order chi connectivity index (χ1) is 15.7. The van der Waals surface area contributed by atoms with Gasteiger partial charge in [-0.3, -0.25) is 4.79 Å². The highest BCUT2D eigenvalue weighted by atomic mass is 16.5. The number of hydrogen-bond donors (Lipinski definition) is 1. The number of nitrogens with zero attached hydrogens (tertiary/aromatic N) is 2. The highest BCUT2D eigenvalue weighted by Crippen LogP contribution is 2.20. The Kier molecular flexibility index (Phi) is 7.07. The number of imidazole rings is 1. The molecule has 2 aromatic carbocycles. The van der Waals surface area contributed by atoms with Crippen LogP contribution in [0.25, 0.3) is 11.0 Å². The molecule has 0 atom stereocenters. The molecule has 0 aliphatic heterocycles. The Morgan fingerprint density at radius 1 is 1.06 bits per heavy atom. The number of rotatable bonds is 11. The van der Waals surface area contributed by atoms with Crippen molar-refractivity contribution in [1.82, 2.24) is 14.9 Å². The van der Waals surface area contributed by atoms with Gasteiger partial charge in [0.2, 0.25) is 0 Å². The number of fused-ring (bicyclic) bond motifs is 1. The minimum Gasteiger partial charge on any atom is -0.497 e. The Morgan fingerprint density at radius 3 is 2.78 bits per heavy atom. The van der Waals surface area contributed by atoms with E-state index < -0.39 is 0 Å². The number of methoxy groups -OCH3 is 1. The van der Waals surface area contributed by atoms with Crippen LogP contribution >= 0.6 is 0 Å². The van der Waals surface area contributed by atoms with Crippen LogP contribution in [-0.2, 0) is 13.0 Å². The molecule has 0 spiro atoms. The Hall–Kier alpha value is -3.74. The zero-order chi connectivity index (χ0) is 22.2. The van der Waals surface area contributed by atoms with Crippen molar-refractivity contribution in [3.63, 3.8) is 0 Å². The number of aryl methyl sites for hydroxylation is 2. The molecule has 2 aromatic heterocycles. The summed E-state index contributed by atoms with van der Waals surface area (Å²) in [4.78, 5) is 16.8. The van der Waals surface area contributed by atoms with Crippen molar-refractivity contribution in [2.45, 2.75) is 25.8 Å². The van der Waals surface area contributed by atoms with E-state index in [0.29, 0.717) is 18.9 Å². The van der Waals surface area contributed by atoms with Crippen LogP contribution in [0.5, 0.6) is 11.5 Å². The maximum absolute atomic E-state index is 12.0. The first kappa shape index (κ1) is 21.5. The minimum absolute atomic E-state index is 0.196. The fraction of sp³-hybridized carbons (Fsp3) is 0.280. The number of aromatic nitrogens is 2. The molecule has 166 valence electrons. The van der Waals surface area contributed by atoms with Crippen molar-refractivity contribution in [1.29, 1.82) is 0 Å². The van der Waals surface area contributed by atoms with E-state index in [1.807, 2.05) is 42.5 Å². The molecule has 1 N–H and O–H groups in total. The molecular formula is C25H27N3O4. The van der Waals surface area contributed by atoms with E-state index in [-0.39, 0.29) is 5.91 Å². The lowest BCUT2D eigenvalue weighted by Crippen LogP contribution is -2.24. The van der Waals surface area contributed by atoms with Gasteiger partial charge >= 0.3 is 0 Å². The molecule has 32 heavy (non-hydrogen) atoms. The summed E-state index contributed by atoms with van der Waals surface area (Å²) in [5.41, 5.74) is 2.10. The van der Waals surface area contributed by atoms with Crippen LogP contribution in [0.4, 0.5) is 0 Å². The molecule has 4 aromatic rings. The summed E-state index contributed by atoms with van der Waals surface area (Å²) in [6, 6.07) is 19.1. The lowest BCUT2D eigenvalue weighted by Gasteiger charge is -2.11. The van der Waals surface area contributed by atoms with Crippen LogP contribution in [0.2, 0.25) is 0 Å². The van der Waals surface area contributed by atoms with Gasteiger partial charge in [-0.25, -0.2) is 4.98 Å². The highest BCUT2D eigenvalue weighted by Gasteiger charge is 2.11. The third kappa shape index (κ3) is 5.29. The quantitative estimate of drug-likeness (QED) is 0.353. The topological polar surface area (TPSA) is 78.5 Å². The van der Waals surface area contributed by atoms with Crippen LogP contribution in [0.1, 0.15) is 29.2 Å². The van der Waals surface area contributed by atoms with Crippen LogP contribution in [-0.4, -0.2) is 35.7 Å². The van der Waals surface area contributed by atoms with Gasteiger partial charge in [-0.1, -0.05) is 18.2 Å². The van der Waals surface area contributed by atoms with E-state index in [0.717, 1.165) is 54.2 Å². The number of carbonyl (C=O) groups excluding carboxylic acids is 1. The standard InChI is InChI=1S/C25H27N3O4/c1-30-19-8-4-9-20(18-19)31-17-7-15-28-22-11-3-2-10-21(22)27-24(28)13-5-14-26-25(29)23-12-6-16-32-23/h2-4,6,8-12,16,18H,5,7,13-15,17H2,1H3,(H,26,29). The summed E-state index contributed by atoms with van der Waals surface area (Å²) in [6.45, 7) is 1.96. The average molecular weight is 434 g/mol. The SMILES string of the molecule is COc1cccc(OCCCn2c(CCCNC(=O)c3ccco3)nc3ccccc32)c1. The van der Waals surface area contributed by atoms with Gasteiger partial charge in [0.25, 0.3) is 5.91 Å². The highest BCUT2D eigenvalue weighted by molar-refractivity contribution is 5.91. The van der Waals surface area contributed by atoms with Gasteiger partial charge in [0.05, 0.1) is 31.0 Å². The molecule has 0 aliphatic rings. The Balaban J connectivity index is 1.33. The normalized spacial score (nSPS) is 10.9. The number of furan rings is 1. The van der Waals surface area contributed by atoms with Crippen molar-refractivity contribution in [3.8, 4) is 11.5 Å². The second-order valence-electron chi connectivity index (χ2n) is 7.39. The zero-order valence-electron chi connectivity index (χ0n) is 18.1. The number of carbonyl (C=O) groups is 1. The largest absolute Gasteiger partial charge is 0.497 e. The zero-order valence-corrected chi connectivity index (χ0v) is 18.1. The van der Waals surface area contributed by atoms with E-state index in [9.17, 15) is 4.79 Å². The van der Waals surface area contributed by atoms with E-state index in [4.69, 9.17) is 18.9 Å². The summed E-state index contributed by atoms with van der Waals surface area (Å²) in [7, 11) is 1.65. The van der Waals surface area contributed by atoms with Crippen molar-refractivity contribution in [2.24, 2.45) is 0 Å². The van der Waals surface area contributed by atoms with E-state index in [2.05, 4.69) is 16.0 Å². The number of hydrogen-bond acceptors (Lipinski definition) is 5. The molecule has 0 saturated heterocycles. The van der Waals surface area contributed by atoms with Crippen molar-refractivity contribution < 1.29 is 18.7 Å². The second kappa shape index (κ2) is 10.5. The molecule has 0 radical (unpaired) electrons. The van der Waals surface area contributed by atoms with Crippen LogP contribution in [0.3, 0.4) is 0 Å². The molecule has 7 heteroatoms. The van der Waals surface area contributed by atoms with E-state index in [1.165, 1.54) is 6.26 Å². The third-order valence-electron chi connectivity index (χ3n) is 5.18. The monoisotopic (exact) mass is 433 g/mol. The maximum atomic E-state index is 12.0. The minimum atomic E-state index is -0.196. The fourth-order valence-corrected chi connectivity index (χ4v) is 3.61. The Bertz CT molecular complexity index is 1150. The number of benzene rings is 2. The molecule has 0 bridgehead atoms. The van der Waals surface area contributed by atoms with Gasteiger partial charge < -0.3 is 23.8 Å². The van der Waals surface area contributed by atoms with Crippen molar-refractivity contribution in [2.75, 3.05) is 20.3 Å². The van der Waals surface area contributed by atoms with Crippen LogP contribution < -0.4 is 14.8 Å². The van der Waals surface area contributed by atoms with E-state index >= 15 is 0 Å². The predicted molar refractivity (Wildman–Crippen MR) is 122 cm³/mol. The van der Waals surface area contributed by atoms with Gasteiger partial charge in [0.1, 0.15) is 17.3 Å². The molecule has 1 amide bonds. The first-order valence-electron chi connectivity index (χ1n) is 10.8. The number of ether oxygens (including phenoxy) is 2. The van der Waals surface area contributed by atoms with Gasteiger partial charge in [0, 0.05) is 25.6 Å². The molecule has 0 fully saturated rings. The summed E-state index contributed by atoms with van der Waals surface area (Å²) in [6.07, 6.45) is 3.90. The van der Waals surface area contributed by atoms with Crippen molar-refractivity contribution >= 4 is 16.9 Å². The number of para-hydroxylation sites is 2. The van der Waals surface area contributed by atoms with Gasteiger partial charge in [-0.15, -0.1) is 0 Å². The Labute approximate surface area is 187 Å². The summed E-state index contributed by atoms with van der Waals surface area (Å²) >= 11 is 0. The van der Waals surface area contributed by atoms with Crippen LogP contribution in [0.15, 0.2) is 71.3 Å². The molecule has 0 aliphatic carbocycles. The summed E-state index contributed by atoms with van der Waals surface area (Å²) in [5.74, 6) is 2.73. The van der Waals surface area contributed by atoms with Gasteiger partial charge in [0.15, 0.2) is 5.76 Å². The maximum Gasteiger partial charge on any atom is 0.286 e. The average Bonchev–Trinajstić information content (AvgIpc) is 3.48. The summed E-state index contributed by atoms with van der Waals surface area (Å²) < 4.78 is 18.5. The molecule has 4 rings (SSSR count). The first-order valence-corrected chi connectivity index (χ1v) is 10.8. The molecule has 0 unspecified atom stereocenters.